The Morgan fingerprint density at radius 3 is 2.50 bits per heavy atom. The minimum atomic E-state index is -1.37. The lowest BCUT2D eigenvalue weighted by molar-refractivity contribution is -0.126. The number of Topliss-reactive ketones (excluding diaryl/α,β-unsaturated/α-hetero) is 2. The van der Waals surface area contributed by atoms with Gasteiger partial charge >= 0.3 is 5.69 Å². The zero-order chi connectivity index (χ0) is 19.0. The summed E-state index contributed by atoms with van der Waals surface area (Å²) in [6.45, 7) is 0. The minimum Gasteiger partial charge on any atom is -0.392 e. The molecule has 2 atom stereocenters. The van der Waals surface area contributed by atoms with Crippen LogP contribution in [0, 0.1) is 11.7 Å². The van der Waals surface area contributed by atoms with Gasteiger partial charge in [0.25, 0.3) is 5.56 Å². The van der Waals surface area contributed by atoms with Gasteiger partial charge in [0.1, 0.15) is 17.5 Å². The largest absolute Gasteiger partial charge is 0.392 e. The first-order valence-electron chi connectivity index (χ1n) is 8.02. The number of hydrogen-bond acceptors (Lipinski definition) is 6. The van der Waals surface area contributed by atoms with Crippen molar-refractivity contribution in [3.05, 3.63) is 56.6 Å². The van der Waals surface area contributed by atoms with Gasteiger partial charge in [0.15, 0.2) is 5.69 Å². The fourth-order valence-electron chi connectivity index (χ4n) is 3.04. The Kier molecular flexibility index (Phi) is 4.64. The van der Waals surface area contributed by atoms with Gasteiger partial charge in [0, 0.05) is 13.5 Å². The smallest absolute Gasteiger partial charge is 0.351 e. The zero-order valence-electron chi connectivity index (χ0n) is 13.9. The first-order chi connectivity index (χ1) is 12.3. The average molecular weight is 361 g/mol. The second kappa shape index (κ2) is 6.75. The molecule has 3 rings (SSSR count). The normalized spacial score (nSPS) is 20.2. The molecule has 1 aliphatic rings. The van der Waals surface area contributed by atoms with E-state index in [0.717, 1.165) is 16.8 Å². The highest BCUT2D eigenvalue weighted by molar-refractivity contribution is 6.10. The molecule has 2 aromatic rings. The van der Waals surface area contributed by atoms with Gasteiger partial charge in [-0.2, -0.15) is 5.10 Å². The number of hydrogen-bond donors (Lipinski definition) is 1. The van der Waals surface area contributed by atoms with Crippen molar-refractivity contribution >= 4 is 11.6 Å². The van der Waals surface area contributed by atoms with Crippen LogP contribution in [0.4, 0.5) is 4.39 Å². The van der Waals surface area contributed by atoms with Crippen molar-refractivity contribution in [1.29, 1.82) is 0 Å². The maximum atomic E-state index is 13.1. The van der Waals surface area contributed by atoms with E-state index in [0.29, 0.717) is 11.0 Å². The molecular formula is C17H16FN3O5. The van der Waals surface area contributed by atoms with Crippen LogP contribution in [0.1, 0.15) is 29.8 Å². The molecule has 0 amide bonds. The van der Waals surface area contributed by atoms with Crippen LogP contribution < -0.4 is 11.2 Å². The van der Waals surface area contributed by atoms with Gasteiger partial charge in [-0.05, 0) is 37.1 Å². The number of nitrogens with zero attached hydrogens (tertiary/aromatic N) is 3. The summed E-state index contributed by atoms with van der Waals surface area (Å²) in [6, 6.07) is 4.56. The monoisotopic (exact) mass is 361 g/mol. The van der Waals surface area contributed by atoms with Gasteiger partial charge < -0.3 is 5.11 Å². The van der Waals surface area contributed by atoms with Crippen LogP contribution in [-0.4, -0.2) is 37.1 Å². The number of ketones is 2. The zero-order valence-corrected chi connectivity index (χ0v) is 13.9. The van der Waals surface area contributed by atoms with Crippen molar-refractivity contribution in [3.63, 3.8) is 0 Å². The van der Waals surface area contributed by atoms with Crippen molar-refractivity contribution < 1.29 is 19.1 Å². The maximum Gasteiger partial charge on any atom is 0.351 e. The van der Waals surface area contributed by atoms with Gasteiger partial charge in [-0.3, -0.25) is 14.4 Å². The van der Waals surface area contributed by atoms with Crippen LogP contribution in [0.15, 0.2) is 33.9 Å². The van der Waals surface area contributed by atoms with Gasteiger partial charge in [-0.1, -0.05) is 0 Å². The molecule has 1 aliphatic carbocycles. The molecule has 0 saturated heterocycles. The average Bonchev–Trinajstić information content (AvgIpc) is 2.59. The molecule has 8 nitrogen and oxygen atoms in total. The number of aryl methyl sites for hydroxylation is 1. The second-order valence-electron chi connectivity index (χ2n) is 6.14. The third-order valence-corrected chi connectivity index (χ3v) is 4.38. The van der Waals surface area contributed by atoms with Crippen LogP contribution >= 0.6 is 0 Å². The molecule has 136 valence electrons. The van der Waals surface area contributed by atoms with E-state index in [1.54, 1.807) is 0 Å². The van der Waals surface area contributed by atoms with Crippen molar-refractivity contribution in [2.45, 2.75) is 25.4 Å². The molecule has 0 aliphatic heterocycles. The Bertz CT molecular complexity index is 993. The number of benzene rings is 1. The highest BCUT2D eigenvalue weighted by Crippen LogP contribution is 2.23. The Morgan fingerprint density at radius 2 is 1.88 bits per heavy atom. The SMILES string of the molecule is Cn1nc(C(=O)C2C(=O)CCCC2O)c(=O)n(-c2ccc(F)cc2)c1=O. The number of aliphatic hydroxyl groups is 1. The molecule has 1 N–H and O–H groups in total. The number of aliphatic hydroxyl groups excluding tert-OH is 1. The summed E-state index contributed by atoms with van der Waals surface area (Å²) >= 11 is 0. The van der Waals surface area contributed by atoms with Gasteiger partial charge in [0.2, 0.25) is 5.78 Å². The molecule has 26 heavy (non-hydrogen) atoms. The topological polar surface area (TPSA) is 111 Å². The Morgan fingerprint density at radius 1 is 1.23 bits per heavy atom. The Hall–Kier alpha value is -2.94. The number of halogens is 1. The van der Waals surface area contributed by atoms with Crippen molar-refractivity contribution in [3.8, 4) is 5.69 Å². The van der Waals surface area contributed by atoms with Crippen LogP contribution in [0.25, 0.3) is 5.69 Å². The lowest BCUT2D eigenvalue weighted by atomic mass is 9.81. The molecule has 1 fully saturated rings. The van der Waals surface area contributed by atoms with Gasteiger partial charge in [-0.15, -0.1) is 0 Å². The van der Waals surface area contributed by atoms with Gasteiger partial charge in [-0.25, -0.2) is 18.4 Å². The minimum absolute atomic E-state index is 0.0592. The van der Waals surface area contributed by atoms with E-state index < -0.39 is 46.3 Å². The van der Waals surface area contributed by atoms with E-state index >= 15 is 0 Å². The summed E-state index contributed by atoms with van der Waals surface area (Å²) in [6.07, 6.45) is -0.336. The van der Waals surface area contributed by atoms with E-state index in [2.05, 4.69) is 5.10 Å². The molecule has 0 bridgehead atoms. The molecule has 1 aromatic carbocycles. The van der Waals surface area contributed by atoms with Crippen LogP contribution in [-0.2, 0) is 11.8 Å². The first-order valence-corrected chi connectivity index (χ1v) is 8.02. The highest BCUT2D eigenvalue weighted by Gasteiger charge is 2.39. The Balaban J connectivity index is 2.16. The van der Waals surface area contributed by atoms with E-state index in [9.17, 15) is 28.7 Å². The molecular weight excluding hydrogens is 345 g/mol. The summed E-state index contributed by atoms with van der Waals surface area (Å²) in [5.74, 6) is -3.31. The molecule has 1 aromatic heterocycles. The second-order valence-corrected chi connectivity index (χ2v) is 6.14. The highest BCUT2D eigenvalue weighted by atomic mass is 19.1. The summed E-state index contributed by atoms with van der Waals surface area (Å²) < 4.78 is 14.6. The predicted octanol–water partition coefficient (Wildman–Crippen LogP) is -0.0169. The summed E-state index contributed by atoms with van der Waals surface area (Å²) in [7, 11) is 1.25. The number of carbonyl (C=O) groups excluding carboxylic acids is 2. The molecule has 0 spiro atoms. The van der Waals surface area contributed by atoms with E-state index in [1.165, 1.54) is 19.2 Å². The summed E-state index contributed by atoms with van der Waals surface area (Å²) in [5, 5.41) is 13.7. The van der Waals surface area contributed by atoms with Crippen molar-refractivity contribution in [2.75, 3.05) is 0 Å². The standard InChI is InChI=1S/C17H16FN3O5/c1-20-17(26)21(10-7-5-9(18)6-8-10)16(25)14(19-20)15(24)13-11(22)3-2-4-12(13)23/h5-8,11,13,22H,2-4H2,1H3. The number of rotatable bonds is 3. The summed E-state index contributed by atoms with van der Waals surface area (Å²) in [4.78, 5) is 49.8. The van der Waals surface area contributed by atoms with Crippen LogP contribution in [0.3, 0.4) is 0 Å². The maximum absolute atomic E-state index is 13.1. The van der Waals surface area contributed by atoms with E-state index in [4.69, 9.17) is 0 Å². The van der Waals surface area contributed by atoms with Crippen molar-refractivity contribution in [1.82, 2.24) is 14.3 Å². The van der Waals surface area contributed by atoms with Crippen LogP contribution in [0.2, 0.25) is 0 Å². The van der Waals surface area contributed by atoms with Gasteiger partial charge in [0.05, 0.1) is 11.8 Å². The van der Waals surface area contributed by atoms with Crippen molar-refractivity contribution in [2.24, 2.45) is 13.0 Å². The quantitative estimate of drug-likeness (QED) is 0.608. The third-order valence-electron chi connectivity index (χ3n) is 4.38. The third kappa shape index (κ3) is 3.01. The predicted molar refractivity (Wildman–Crippen MR) is 87.7 cm³/mol. The first kappa shape index (κ1) is 17.9. The molecule has 9 heteroatoms. The van der Waals surface area contributed by atoms with E-state index in [1.807, 2.05) is 0 Å². The molecule has 1 saturated carbocycles. The number of carbonyl (C=O) groups is 2. The molecule has 0 radical (unpaired) electrons. The fraction of sp³-hybridized carbons (Fsp3) is 0.353. The lowest BCUT2D eigenvalue weighted by Gasteiger charge is -2.24. The molecule has 1 heterocycles. The summed E-state index contributed by atoms with van der Waals surface area (Å²) in [5.41, 5.74) is -2.40. The Labute approximate surface area is 146 Å². The van der Waals surface area contributed by atoms with E-state index in [-0.39, 0.29) is 18.5 Å². The van der Waals surface area contributed by atoms with Crippen LogP contribution in [0.5, 0.6) is 0 Å². The molecule has 2 unspecified atom stereocenters. The lowest BCUT2D eigenvalue weighted by Crippen LogP contribution is -2.46. The number of aromatic nitrogens is 3. The fourth-order valence-corrected chi connectivity index (χ4v) is 3.04.